The Morgan fingerprint density at radius 1 is 1.50 bits per heavy atom. The van der Waals surface area contributed by atoms with Crippen LogP contribution in [0.5, 0.6) is 5.75 Å². The van der Waals surface area contributed by atoms with Gasteiger partial charge in [-0.15, -0.1) is 0 Å². The highest BCUT2D eigenvalue weighted by Gasteiger charge is 2.28. The summed E-state index contributed by atoms with van der Waals surface area (Å²) in [6, 6.07) is 6.08. The maximum absolute atomic E-state index is 5.42. The van der Waals surface area contributed by atoms with Crippen molar-refractivity contribution in [2.24, 2.45) is 11.8 Å². The molecule has 2 aromatic rings. The molecule has 0 saturated heterocycles. The van der Waals surface area contributed by atoms with E-state index < -0.39 is 0 Å². The average Bonchev–Trinajstić information content (AvgIpc) is 3.16. The first-order valence-electron chi connectivity index (χ1n) is 6.45. The van der Waals surface area contributed by atoms with Gasteiger partial charge in [-0.1, -0.05) is 6.92 Å². The fourth-order valence-corrected chi connectivity index (χ4v) is 2.84. The van der Waals surface area contributed by atoms with Gasteiger partial charge < -0.3 is 14.3 Å². The molecule has 0 aliphatic heterocycles. The molecule has 3 rings (SSSR count). The van der Waals surface area contributed by atoms with Crippen LogP contribution in [0.3, 0.4) is 0 Å². The quantitative estimate of drug-likeness (QED) is 0.850. The number of nitrogens with zero attached hydrogens (tertiary/aromatic N) is 1. The SMILES string of the molecule is COc1ccc2c(c1)[nH]c(=S)n2CC(C)C1CC1. The zero-order chi connectivity index (χ0) is 12.7. The standard InChI is InChI=1S/C14H18N2OS/c1-9(10-3-4-10)8-16-13-6-5-11(17-2)7-12(13)15-14(16)18/h5-7,9-10H,3-4,8H2,1-2H3,(H,15,18). The molecule has 0 bridgehead atoms. The summed E-state index contributed by atoms with van der Waals surface area (Å²) in [5.41, 5.74) is 2.23. The topological polar surface area (TPSA) is 29.9 Å². The van der Waals surface area contributed by atoms with Crippen molar-refractivity contribution < 1.29 is 4.74 Å². The minimum absolute atomic E-state index is 0.706. The van der Waals surface area contributed by atoms with E-state index in [0.29, 0.717) is 5.92 Å². The normalized spacial score (nSPS) is 17.0. The molecular formula is C14H18N2OS. The monoisotopic (exact) mass is 262 g/mol. The lowest BCUT2D eigenvalue weighted by molar-refractivity contribution is 0.415. The van der Waals surface area contributed by atoms with Crippen LogP contribution in [0.2, 0.25) is 0 Å². The molecule has 1 aliphatic carbocycles. The number of nitrogens with one attached hydrogen (secondary N) is 1. The lowest BCUT2D eigenvalue weighted by Gasteiger charge is -2.11. The van der Waals surface area contributed by atoms with Gasteiger partial charge in [0.15, 0.2) is 4.77 Å². The molecule has 1 fully saturated rings. The minimum atomic E-state index is 0.706. The zero-order valence-corrected chi connectivity index (χ0v) is 11.6. The minimum Gasteiger partial charge on any atom is -0.497 e. The Bertz CT molecular complexity index is 624. The fourth-order valence-electron chi connectivity index (χ4n) is 2.55. The van der Waals surface area contributed by atoms with E-state index in [1.807, 2.05) is 12.1 Å². The van der Waals surface area contributed by atoms with Crippen LogP contribution in [0.15, 0.2) is 18.2 Å². The summed E-state index contributed by atoms with van der Waals surface area (Å²) in [6.45, 7) is 3.33. The summed E-state index contributed by atoms with van der Waals surface area (Å²) >= 11 is 5.42. The highest BCUT2D eigenvalue weighted by atomic mass is 32.1. The second-order valence-electron chi connectivity index (χ2n) is 5.24. The van der Waals surface area contributed by atoms with Gasteiger partial charge >= 0.3 is 0 Å². The molecule has 1 aromatic heterocycles. The van der Waals surface area contributed by atoms with Gasteiger partial charge in [-0.2, -0.15) is 0 Å². The number of imidazole rings is 1. The van der Waals surface area contributed by atoms with E-state index in [9.17, 15) is 0 Å². The van der Waals surface area contributed by atoms with Crippen LogP contribution in [-0.4, -0.2) is 16.7 Å². The van der Waals surface area contributed by atoms with Crippen LogP contribution < -0.4 is 4.74 Å². The summed E-state index contributed by atoms with van der Waals surface area (Å²) in [7, 11) is 1.68. The molecule has 3 nitrogen and oxygen atoms in total. The highest BCUT2D eigenvalue weighted by Crippen LogP contribution is 2.37. The molecule has 18 heavy (non-hydrogen) atoms. The second-order valence-corrected chi connectivity index (χ2v) is 5.63. The van der Waals surface area contributed by atoms with E-state index >= 15 is 0 Å². The summed E-state index contributed by atoms with van der Waals surface area (Å²) in [5, 5.41) is 0. The molecule has 4 heteroatoms. The lowest BCUT2D eigenvalue weighted by atomic mass is 10.1. The molecule has 1 aromatic carbocycles. The van der Waals surface area contributed by atoms with Gasteiger partial charge in [0.05, 0.1) is 18.1 Å². The molecule has 1 unspecified atom stereocenters. The Balaban J connectivity index is 1.99. The van der Waals surface area contributed by atoms with Crippen molar-refractivity contribution >= 4 is 23.3 Å². The predicted molar refractivity (Wildman–Crippen MR) is 75.6 cm³/mol. The number of hydrogen-bond acceptors (Lipinski definition) is 2. The van der Waals surface area contributed by atoms with E-state index in [2.05, 4.69) is 22.5 Å². The Morgan fingerprint density at radius 2 is 2.28 bits per heavy atom. The Labute approximate surface area is 112 Å². The molecule has 1 N–H and O–H groups in total. The first kappa shape index (κ1) is 11.8. The lowest BCUT2D eigenvalue weighted by Crippen LogP contribution is -2.09. The number of methoxy groups -OCH3 is 1. The van der Waals surface area contributed by atoms with Crippen molar-refractivity contribution in [3.05, 3.63) is 23.0 Å². The molecule has 96 valence electrons. The number of aromatic nitrogens is 2. The van der Waals surface area contributed by atoms with Crippen LogP contribution >= 0.6 is 12.2 Å². The highest BCUT2D eigenvalue weighted by molar-refractivity contribution is 7.71. The van der Waals surface area contributed by atoms with Crippen LogP contribution in [0.1, 0.15) is 19.8 Å². The molecule has 1 saturated carbocycles. The number of aromatic amines is 1. The molecule has 0 radical (unpaired) electrons. The Morgan fingerprint density at radius 3 is 2.94 bits per heavy atom. The number of rotatable bonds is 4. The predicted octanol–water partition coefficient (Wildman–Crippen LogP) is 3.75. The van der Waals surface area contributed by atoms with Gasteiger partial charge in [-0.25, -0.2) is 0 Å². The molecule has 1 atom stereocenters. The van der Waals surface area contributed by atoms with Gasteiger partial charge in [0.2, 0.25) is 0 Å². The third kappa shape index (κ3) is 2.05. The fraction of sp³-hybridized carbons (Fsp3) is 0.500. The molecule has 1 heterocycles. The number of ether oxygens (including phenoxy) is 1. The van der Waals surface area contributed by atoms with E-state index in [0.717, 1.165) is 28.5 Å². The molecule has 0 spiro atoms. The Kier molecular flexibility index (Phi) is 2.90. The first-order chi connectivity index (χ1) is 8.69. The number of hydrogen-bond donors (Lipinski definition) is 1. The van der Waals surface area contributed by atoms with Crippen molar-refractivity contribution in [1.82, 2.24) is 9.55 Å². The van der Waals surface area contributed by atoms with Crippen molar-refractivity contribution in [2.75, 3.05) is 7.11 Å². The van der Waals surface area contributed by atoms with E-state index in [1.165, 1.54) is 18.4 Å². The summed E-state index contributed by atoms with van der Waals surface area (Å²) in [4.78, 5) is 3.26. The first-order valence-corrected chi connectivity index (χ1v) is 6.86. The largest absolute Gasteiger partial charge is 0.497 e. The van der Waals surface area contributed by atoms with Crippen LogP contribution in [0, 0.1) is 16.6 Å². The summed E-state index contributed by atoms with van der Waals surface area (Å²) in [5.74, 6) is 2.47. The average molecular weight is 262 g/mol. The van der Waals surface area contributed by atoms with E-state index in [1.54, 1.807) is 7.11 Å². The van der Waals surface area contributed by atoms with Gasteiger partial charge in [0.1, 0.15) is 5.75 Å². The van der Waals surface area contributed by atoms with Crippen molar-refractivity contribution in [1.29, 1.82) is 0 Å². The second kappa shape index (κ2) is 4.43. The van der Waals surface area contributed by atoms with Crippen LogP contribution in [0.25, 0.3) is 11.0 Å². The third-order valence-corrected chi connectivity index (χ3v) is 4.20. The van der Waals surface area contributed by atoms with Gasteiger partial charge in [-0.3, -0.25) is 0 Å². The van der Waals surface area contributed by atoms with Gasteiger partial charge in [0.25, 0.3) is 0 Å². The Hall–Kier alpha value is -1.29. The number of benzene rings is 1. The van der Waals surface area contributed by atoms with E-state index in [-0.39, 0.29) is 0 Å². The van der Waals surface area contributed by atoms with Gasteiger partial charge in [-0.05, 0) is 49.0 Å². The van der Waals surface area contributed by atoms with E-state index in [4.69, 9.17) is 17.0 Å². The molecule has 0 amide bonds. The van der Waals surface area contributed by atoms with Crippen LogP contribution in [0.4, 0.5) is 0 Å². The molecular weight excluding hydrogens is 244 g/mol. The van der Waals surface area contributed by atoms with Crippen molar-refractivity contribution in [3.63, 3.8) is 0 Å². The number of H-pyrrole nitrogens is 1. The summed E-state index contributed by atoms with van der Waals surface area (Å²) in [6.07, 6.45) is 2.76. The van der Waals surface area contributed by atoms with Crippen molar-refractivity contribution in [3.8, 4) is 5.75 Å². The molecule has 1 aliphatic rings. The number of fused-ring (bicyclic) bond motifs is 1. The smallest absolute Gasteiger partial charge is 0.178 e. The summed E-state index contributed by atoms with van der Waals surface area (Å²) < 4.78 is 8.26. The maximum Gasteiger partial charge on any atom is 0.178 e. The van der Waals surface area contributed by atoms with Gasteiger partial charge in [0, 0.05) is 12.6 Å². The van der Waals surface area contributed by atoms with Crippen molar-refractivity contribution in [2.45, 2.75) is 26.3 Å². The zero-order valence-electron chi connectivity index (χ0n) is 10.8. The third-order valence-electron chi connectivity index (χ3n) is 3.88. The maximum atomic E-state index is 5.42. The van der Waals surface area contributed by atoms with Crippen LogP contribution in [-0.2, 0) is 6.54 Å².